The number of allylic oxidation sites excluding steroid dienone is 8. The lowest BCUT2D eigenvalue weighted by molar-refractivity contribution is 1.14. The summed E-state index contributed by atoms with van der Waals surface area (Å²) in [6.45, 7) is 11.8. The average Bonchev–Trinajstić information content (AvgIpc) is 2.59. The van der Waals surface area contributed by atoms with E-state index in [1.807, 2.05) is 57.4 Å². The number of nitrogens with one attached hydrogen (secondary N) is 1. The minimum absolute atomic E-state index is 0.992. The number of nitrogens with zero attached hydrogens (tertiary/aromatic N) is 1. The van der Waals surface area contributed by atoms with Gasteiger partial charge in [-0.2, -0.15) is 0 Å². The Labute approximate surface area is 140 Å². The van der Waals surface area contributed by atoms with Crippen molar-refractivity contribution in [2.75, 3.05) is 17.3 Å². The van der Waals surface area contributed by atoms with Gasteiger partial charge in [0.15, 0.2) is 0 Å². The molecule has 0 bridgehead atoms. The standard InChI is InChI=1S/C21H26N2/c1-6-10-13-19(9-4)23(20(11-7-2)12-8-3)21-16-14-18(22-5)15-17-21/h6-17,22H,2,4H2,1,3,5H3/b10-6-,12-8-,19-13+,20-11+. The van der Waals surface area contributed by atoms with E-state index in [1.54, 1.807) is 6.08 Å². The van der Waals surface area contributed by atoms with Crippen LogP contribution in [0.1, 0.15) is 13.8 Å². The Morgan fingerprint density at radius 3 is 2.17 bits per heavy atom. The van der Waals surface area contributed by atoms with Crippen LogP contribution in [0, 0.1) is 0 Å². The van der Waals surface area contributed by atoms with Crippen molar-refractivity contribution < 1.29 is 0 Å². The lowest BCUT2D eigenvalue weighted by Gasteiger charge is -2.27. The Balaban J connectivity index is 3.47. The molecule has 0 radical (unpaired) electrons. The molecule has 2 nitrogen and oxygen atoms in total. The predicted molar refractivity (Wildman–Crippen MR) is 105 cm³/mol. The van der Waals surface area contributed by atoms with Gasteiger partial charge < -0.3 is 10.2 Å². The Morgan fingerprint density at radius 2 is 1.70 bits per heavy atom. The highest BCUT2D eigenvalue weighted by Crippen LogP contribution is 2.27. The molecule has 23 heavy (non-hydrogen) atoms. The van der Waals surface area contributed by atoms with Gasteiger partial charge in [-0.05, 0) is 62.4 Å². The highest BCUT2D eigenvalue weighted by molar-refractivity contribution is 5.65. The van der Waals surface area contributed by atoms with Gasteiger partial charge in [0.2, 0.25) is 0 Å². The fourth-order valence-electron chi connectivity index (χ4n) is 2.15. The van der Waals surface area contributed by atoms with Crippen molar-refractivity contribution in [3.8, 4) is 0 Å². The van der Waals surface area contributed by atoms with E-state index in [1.165, 1.54) is 0 Å². The van der Waals surface area contributed by atoms with Gasteiger partial charge in [-0.15, -0.1) is 0 Å². The summed E-state index contributed by atoms with van der Waals surface area (Å²) in [5, 5.41) is 3.14. The molecule has 0 heterocycles. The van der Waals surface area contributed by atoms with Gasteiger partial charge in [-0.25, -0.2) is 0 Å². The first-order valence-electron chi connectivity index (χ1n) is 7.70. The molecule has 0 saturated heterocycles. The van der Waals surface area contributed by atoms with Crippen molar-refractivity contribution in [1.29, 1.82) is 0 Å². The van der Waals surface area contributed by atoms with Gasteiger partial charge in [-0.3, -0.25) is 0 Å². The molecule has 1 aromatic rings. The Hall–Kier alpha value is -2.74. The van der Waals surface area contributed by atoms with Crippen LogP contribution in [0.25, 0.3) is 0 Å². The van der Waals surface area contributed by atoms with Crippen molar-refractivity contribution in [1.82, 2.24) is 0 Å². The van der Waals surface area contributed by atoms with E-state index >= 15 is 0 Å². The average molecular weight is 306 g/mol. The molecule has 0 saturated carbocycles. The molecule has 0 atom stereocenters. The molecule has 0 aliphatic heterocycles. The minimum Gasteiger partial charge on any atom is -0.388 e. The summed E-state index contributed by atoms with van der Waals surface area (Å²) in [7, 11) is 1.91. The highest BCUT2D eigenvalue weighted by atomic mass is 15.1. The van der Waals surface area contributed by atoms with Crippen molar-refractivity contribution >= 4 is 11.4 Å². The zero-order valence-electron chi connectivity index (χ0n) is 14.3. The molecular weight excluding hydrogens is 280 g/mol. The molecule has 1 N–H and O–H groups in total. The third kappa shape index (κ3) is 5.19. The second kappa shape index (κ2) is 10.1. The van der Waals surface area contributed by atoms with Gasteiger partial charge in [0, 0.05) is 29.8 Å². The van der Waals surface area contributed by atoms with Crippen LogP contribution >= 0.6 is 0 Å². The largest absolute Gasteiger partial charge is 0.388 e. The highest BCUT2D eigenvalue weighted by Gasteiger charge is 2.12. The Morgan fingerprint density at radius 1 is 1.00 bits per heavy atom. The van der Waals surface area contributed by atoms with E-state index in [4.69, 9.17) is 0 Å². The van der Waals surface area contributed by atoms with E-state index in [-0.39, 0.29) is 0 Å². The molecule has 0 amide bonds. The third-order valence-electron chi connectivity index (χ3n) is 3.23. The summed E-state index contributed by atoms with van der Waals surface area (Å²) in [5.74, 6) is 0. The molecule has 2 heteroatoms. The monoisotopic (exact) mass is 306 g/mol. The fourth-order valence-corrected chi connectivity index (χ4v) is 2.15. The molecule has 120 valence electrons. The van der Waals surface area contributed by atoms with Crippen LogP contribution in [0.2, 0.25) is 0 Å². The minimum atomic E-state index is 0.992. The zero-order chi connectivity index (χ0) is 17.1. The zero-order valence-corrected chi connectivity index (χ0v) is 14.3. The second-order valence-corrected chi connectivity index (χ2v) is 4.78. The molecule has 1 aromatic carbocycles. The summed E-state index contributed by atoms with van der Waals surface area (Å²) in [4.78, 5) is 2.15. The van der Waals surface area contributed by atoms with Crippen molar-refractivity contribution in [3.63, 3.8) is 0 Å². The van der Waals surface area contributed by atoms with Crippen LogP contribution in [0.3, 0.4) is 0 Å². The predicted octanol–water partition coefficient (Wildman–Crippen LogP) is 5.83. The van der Waals surface area contributed by atoms with Crippen LogP contribution in [-0.4, -0.2) is 7.05 Å². The van der Waals surface area contributed by atoms with Crippen LogP contribution < -0.4 is 10.2 Å². The maximum Gasteiger partial charge on any atom is 0.0463 e. The smallest absolute Gasteiger partial charge is 0.0463 e. The van der Waals surface area contributed by atoms with Crippen molar-refractivity contribution in [2.45, 2.75) is 13.8 Å². The molecular formula is C21H26N2. The van der Waals surface area contributed by atoms with Crippen molar-refractivity contribution in [3.05, 3.63) is 97.4 Å². The van der Waals surface area contributed by atoms with Gasteiger partial charge in [0.05, 0.1) is 0 Å². The molecule has 0 aliphatic carbocycles. The van der Waals surface area contributed by atoms with Gasteiger partial charge >= 0.3 is 0 Å². The first kappa shape index (κ1) is 18.3. The maximum absolute atomic E-state index is 3.96. The molecule has 1 rings (SSSR count). The van der Waals surface area contributed by atoms with E-state index in [9.17, 15) is 0 Å². The van der Waals surface area contributed by atoms with E-state index in [0.29, 0.717) is 0 Å². The number of anilines is 2. The molecule has 0 spiro atoms. The topological polar surface area (TPSA) is 15.3 Å². The SMILES string of the molecule is C=C/C=C(\C=C/C)N(/C(C=C)=C/C=C\C)c1ccc(NC)cc1. The fraction of sp³-hybridized carbons (Fsp3) is 0.143. The maximum atomic E-state index is 3.96. The second-order valence-electron chi connectivity index (χ2n) is 4.78. The third-order valence-corrected chi connectivity index (χ3v) is 3.23. The van der Waals surface area contributed by atoms with E-state index in [0.717, 1.165) is 22.8 Å². The molecule has 0 fully saturated rings. The summed E-state index contributed by atoms with van der Waals surface area (Å²) in [5.41, 5.74) is 4.15. The molecule has 0 aliphatic rings. The number of benzene rings is 1. The van der Waals surface area contributed by atoms with Crippen LogP contribution in [-0.2, 0) is 0 Å². The summed E-state index contributed by atoms with van der Waals surface area (Å²) in [6.07, 6.45) is 15.7. The van der Waals surface area contributed by atoms with Crippen LogP contribution in [0.4, 0.5) is 11.4 Å². The number of rotatable bonds is 8. The van der Waals surface area contributed by atoms with E-state index < -0.39 is 0 Å². The van der Waals surface area contributed by atoms with Crippen LogP contribution in [0.5, 0.6) is 0 Å². The van der Waals surface area contributed by atoms with Crippen LogP contribution in [0.15, 0.2) is 97.4 Å². The van der Waals surface area contributed by atoms with Gasteiger partial charge in [-0.1, -0.05) is 37.5 Å². The summed E-state index contributed by atoms with van der Waals surface area (Å²) >= 11 is 0. The summed E-state index contributed by atoms with van der Waals surface area (Å²) < 4.78 is 0. The number of hydrogen-bond donors (Lipinski definition) is 1. The first-order chi connectivity index (χ1) is 11.2. The lowest BCUT2D eigenvalue weighted by Crippen LogP contribution is -2.19. The summed E-state index contributed by atoms with van der Waals surface area (Å²) in [6, 6.07) is 8.28. The lowest BCUT2D eigenvalue weighted by atomic mass is 10.2. The quantitative estimate of drug-likeness (QED) is 0.608. The normalized spacial score (nSPS) is 12.7. The van der Waals surface area contributed by atoms with E-state index in [2.05, 4.69) is 53.7 Å². The van der Waals surface area contributed by atoms with Gasteiger partial charge in [0.25, 0.3) is 0 Å². The first-order valence-corrected chi connectivity index (χ1v) is 7.70. The van der Waals surface area contributed by atoms with Crippen molar-refractivity contribution in [2.24, 2.45) is 0 Å². The molecule has 0 unspecified atom stereocenters. The Kier molecular flexibility index (Phi) is 8.01. The van der Waals surface area contributed by atoms with Gasteiger partial charge in [0.1, 0.15) is 0 Å². The Bertz CT molecular complexity index is 628. The molecule has 0 aromatic heterocycles. The number of hydrogen-bond acceptors (Lipinski definition) is 2.